The van der Waals surface area contributed by atoms with Crippen LogP contribution in [0.15, 0.2) is 18.2 Å². The number of halogens is 1. The molecule has 0 unspecified atom stereocenters. The van der Waals surface area contributed by atoms with Gasteiger partial charge in [-0.3, -0.25) is 4.79 Å². The average molecular weight is 235 g/mol. The molecule has 1 N–H and O–H groups in total. The van der Waals surface area contributed by atoms with Crippen LogP contribution in [0.5, 0.6) is 0 Å². The van der Waals surface area contributed by atoms with Crippen LogP contribution in [-0.4, -0.2) is 17.4 Å². The van der Waals surface area contributed by atoms with E-state index in [1.54, 1.807) is 0 Å². The van der Waals surface area contributed by atoms with E-state index in [0.29, 0.717) is 5.02 Å². The molecule has 1 aliphatic heterocycles. The first-order valence-electron chi connectivity index (χ1n) is 5.28. The summed E-state index contributed by atoms with van der Waals surface area (Å²) in [5.41, 5.74) is 2.80. The first kappa shape index (κ1) is 9.87. The van der Waals surface area contributed by atoms with Crippen LogP contribution in [0.1, 0.15) is 16.1 Å². The van der Waals surface area contributed by atoms with Crippen molar-refractivity contribution >= 4 is 28.8 Å². The number of aromatic nitrogens is 1. The second-order valence-electron chi connectivity index (χ2n) is 3.94. The van der Waals surface area contributed by atoms with E-state index >= 15 is 0 Å². The number of hydrogen-bond donors (Lipinski definition) is 1. The SMILES string of the molecule is O=Cc1c2n(c3c(Cl)cccc13)CCNC2. The number of aldehydes is 1. The molecule has 1 aromatic heterocycles. The van der Waals surface area contributed by atoms with Crippen molar-refractivity contribution in [2.75, 3.05) is 6.54 Å². The molecule has 0 amide bonds. The molecule has 2 heterocycles. The minimum atomic E-state index is 0.716. The highest BCUT2D eigenvalue weighted by Gasteiger charge is 2.20. The monoisotopic (exact) mass is 234 g/mol. The van der Waals surface area contributed by atoms with E-state index in [2.05, 4.69) is 9.88 Å². The maximum absolute atomic E-state index is 11.2. The van der Waals surface area contributed by atoms with Crippen LogP contribution in [0.2, 0.25) is 5.02 Å². The van der Waals surface area contributed by atoms with Crippen LogP contribution < -0.4 is 5.32 Å². The second kappa shape index (κ2) is 3.61. The van der Waals surface area contributed by atoms with Crippen molar-refractivity contribution in [2.24, 2.45) is 0 Å². The summed E-state index contributed by atoms with van der Waals surface area (Å²) in [6.07, 6.45) is 0.928. The second-order valence-corrected chi connectivity index (χ2v) is 4.35. The lowest BCUT2D eigenvalue weighted by molar-refractivity contribution is 0.112. The van der Waals surface area contributed by atoms with Crippen molar-refractivity contribution in [3.05, 3.63) is 34.5 Å². The number of carbonyl (C=O) groups excluding carboxylic acids is 1. The van der Waals surface area contributed by atoms with Gasteiger partial charge in [0.05, 0.1) is 10.5 Å². The molecule has 1 aliphatic rings. The Morgan fingerprint density at radius 2 is 2.31 bits per heavy atom. The molecule has 16 heavy (non-hydrogen) atoms. The van der Waals surface area contributed by atoms with Crippen molar-refractivity contribution in [2.45, 2.75) is 13.1 Å². The molecule has 0 spiro atoms. The van der Waals surface area contributed by atoms with Gasteiger partial charge in [-0.2, -0.15) is 0 Å². The summed E-state index contributed by atoms with van der Waals surface area (Å²) in [7, 11) is 0. The van der Waals surface area contributed by atoms with E-state index in [1.165, 1.54) is 0 Å². The van der Waals surface area contributed by atoms with Crippen molar-refractivity contribution in [1.82, 2.24) is 9.88 Å². The first-order valence-corrected chi connectivity index (χ1v) is 5.66. The summed E-state index contributed by atoms with van der Waals surface area (Å²) in [5, 5.41) is 4.95. The molecule has 2 aromatic rings. The van der Waals surface area contributed by atoms with Crippen LogP contribution in [0, 0.1) is 0 Å². The van der Waals surface area contributed by atoms with Gasteiger partial charge in [0.25, 0.3) is 0 Å². The standard InChI is InChI=1S/C12H11ClN2O/c13-10-3-1-2-8-9(7-16)11-6-14-4-5-15(11)12(8)10/h1-3,7,14H,4-6H2. The average Bonchev–Trinajstić information content (AvgIpc) is 2.64. The van der Waals surface area contributed by atoms with Crippen LogP contribution in [0.3, 0.4) is 0 Å². The highest BCUT2D eigenvalue weighted by molar-refractivity contribution is 6.35. The number of benzene rings is 1. The number of nitrogens with one attached hydrogen (secondary N) is 1. The van der Waals surface area contributed by atoms with Gasteiger partial charge >= 0.3 is 0 Å². The molecule has 0 bridgehead atoms. The van der Waals surface area contributed by atoms with Gasteiger partial charge in [-0.15, -0.1) is 0 Å². The number of carbonyl (C=O) groups is 1. The van der Waals surface area contributed by atoms with E-state index in [0.717, 1.165) is 48.1 Å². The molecule has 3 rings (SSSR count). The molecule has 0 atom stereocenters. The summed E-state index contributed by atoms with van der Waals surface area (Å²) in [6, 6.07) is 5.71. The van der Waals surface area contributed by atoms with Crippen molar-refractivity contribution < 1.29 is 4.79 Å². The number of hydrogen-bond acceptors (Lipinski definition) is 2. The van der Waals surface area contributed by atoms with E-state index in [4.69, 9.17) is 11.6 Å². The largest absolute Gasteiger partial charge is 0.340 e. The summed E-state index contributed by atoms with van der Waals surface area (Å²) in [5.74, 6) is 0. The number of para-hydroxylation sites is 1. The minimum absolute atomic E-state index is 0.716. The fourth-order valence-corrected chi connectivity index (χ4v) is 2.69. The summed E-state index contributed by atoms with van der Waals surface area (Å²) < 4.78 is 2.15. The highest BCUT2D eigenvalue weighted by Crippen LogP contribution is 2.31. The fourth-order valence-electron chi connectivity index (χ4n) is 2.41. The third-order valence-electron chi connectivity index (χ3n) is 3.11. The smallest absolute Gasteiger partial charge is 0.152 e. The molecule has 0 saturated carbocycles. The van der Waals surface area contributed by atoms with Crippen molar-refractivity contribution in [1.29, 1.82) is 0 Å². The number of rotatable bonds is 1. The fraction of sp³-hybridized carbons (Fsp3) is 0.250. The van der Waals surface area contributed by atoms with Gasteiger partial charge in [-0.1, -0.05) is 23.7 Å². The van der Waals surface area contributed by atoms with Crippen molar-refractivity contribution in [3.8, 4) is 0 Å². The Labute approximate surface area is 98.0 Å². The Morgan fingerprint density at radius 3 is 3.12 bits per heavy atom. The van der Waals surface area contributed by atoms with Gasteiger partial charge in [-0.05, 0) is 6.07 Å². The van der Waals surface area contributed by atoms with Gasteiger partial charge in [0.1, 0.15) is 0 Å². The molecule has 0 radical (unpaired) electrons. The molecule has 0 fully saturated rings. The lowest BCUT2D eigenvalue weighted by Crippen LogP contribution is -2.28. The Bertz CT molecular complexity index is 574. The highest BCUT2D eigenvalue weighted by atomic mass is 35.5. The molecule has 1 aromatic carbocycles. The predicted molar refractivity (Wildman–Crippen MR) is 64.0 cm³/mol. The zero-order chi connectivity index (χ0) is 11.1. The maximum Gasteiger partial charge on any atom is 0.152 e. The lowest BCUT2D eigenvalue weighted by Gasteiger charge is -2.18. The third kappa shape index (κ3) is 1.22. The molecular formula is C12H11ClN2O. The molecule has 0 saturated heterocycles. The van der Waals surface area contributed by atoms with Crippen LogP contribution in [-0.2, 0) is 13.1 Å². The number of fused-ring (bicyclic) bond motifs is 3. The van der Waals surface area contributed by atoms with E-state index in [1.807, 2.05) is 18.2 Å². The van der Waals surface area contributed by atoms with E-state index in [-0.39, 0.29) is 0 Å². The van der Waals surface area contributed by atoms with Gasteiger partial charge in [0.15, 0.2) is 6.29 Å². The summed E-state index contributed by atoms with van der Waals surface area (Å²) in [6.45, 7) is 2.52. The van der Waals surface area contributed by atoms with Gasteiger partial charge in [0, 0.05) is 36.3 Å². The Kier molecular flexibility index (Phi) is 2.23. The van der Waals surface area contributed by atoms with Gasteiger partial charge in [0.2, 0.25) is 0 Å². The molecular weight excluding hydrogens is 224 g/mol. The zero-order valence-electron chi connectivity index (χ0n) is 8.66. The summed E-state index contributed by atoms with van der Waals surface area (Å²) in [4.78, 5) is 11.2. The van der Waals surface area contributed by atoms with Crippen LogP contribution in [0.25, 0.3) is 10.9 Å². The topological polar surface area (TPSA) is 34.0 Å². The van der Waals surface area contributed by atoms with Crippen LogP contribution >= 0.6 is 11.6 Å². The van der Waals surface area contributed by atoms with Crippen molar-refractivity contribution in [3.63, 3.8) is 0 Å². The minimum Gasteiger partial charge on any atom is -0.340 e. The molecule has 82 valence electrons. The van der Waals surface area contributed by atoms with E-state index in [9.17, 15) is 4.79 Å². The normalized spacial score (nSPS) is 15.1. The Balaban J connectivity index is 2.46. The molecule has 4 heteroatoms. The van der Waals surface area contributed by atoms with Crippen LogP contribution in [0.4, 0.5) is 0 Å². The quantitative estimate of drug-likeness (QED) is 0.768. The molecule has 0 aliphatic carbocycles. The zero-order valence-corrected chi connectivity index (χ0v) is 9.42. The van der Waals surface area contributed by atoms with Gasteiger partial charge < -0.3 is 9.88 Å². The van der Waals surface area contributed by atoms with Gasteiger partial charge in [-0.25, -0.2) is 0 Å². The maximum atomic E-state index is 11.2. The van der Waals surface area contributed by atoms with E-state index < -0.39 is 0 Å². The predicted octanol–water partition coefficient (Wildman–Crippen LogP) is 2.21. The summed E-state index contributed by atoms with van der Waals surface area (Å²) >= 11 is 6.21. The Morgan fingerprint density at radius 1 is 1.44 bits per heavy atom. The number of nitrogens with zero attached hydrogens (tertiary/aromatic N) is 1. The first-order chi connectivity index (χ1) is 7.83. The lowest BCUT2D eigenvalue weighted by atomic mass is 10.1. The third-order valence-corrected chi connectivity index (χ3v) is 3.41. The molecule has 3 nitrogen and oxygen atoms in total. The Hall–Kier alpha value is -1.32.